The van der Waals surface area contributed by atoms with Crippen molar-refractivity contribution >= 4 is 16.9 Å². The van der Waals surface area contributed by atoms with Crippen molar-refractivity contribution < 1.29 is 19.0 Å². The smallest absolute Gasteiger partial charge is 0.340 e. The number of benzene rings is 2. The van der Waals surface area contributed by atoms with E-state index in [2.05, 4.69) is 4.98 Å². The Kier molecular flexibility index (Phi) is 4.72. The zero-order valence-electron chi connectivity index (χ0n) is 16.0. The van der Waals surface area contributed by atoms with Gasteiger partial charge in [-0.15, -0.1) is 0 Å². The van der Waals surface area contributed by atoms with Crippen LogP contribution < -0.4 is 20.8 Å². The van der Waals surface area contributed by atoms with Crippen LogP contribution >= 0.6 is 0 Å². The predicted octanol–water partition coefficient (Wildman–Crippen LogP) is 2.79. The van der Waals surface area contributed by atoms with Crippen molar-refractivity contribution in [2.75, 3.05) is 13.7 Å². The van der Waals surface area contributed by atoms with Crippen LogP contribution in [0.1, 0.15) is 24.0 Å². The van der Waals surface area contributed by atoms with E-state index in [4.69, 9.17) is 19.9 Å². The van der Waals surface area contributed by atoms with Crippen LogP contribution in [0.4, 0.5) is 0 Å². The van der Waals surface area contributed by atoms with Gasteiger partial charge in [-0.25, -0.2) is 4.79 Å². The molecule has 0 fully saturated rings. The number of nitrogens with two attached hydrogens (primary N) is 1. The Balaban J connectivity index is 2.04. The van der Waals surface area contributed by atoms with Gasteiger partial charge in [-0.05, 0) is 36.8 Å². The summed E-state index contributed by atoms with van der Waals surface area (Å²) < 4.78 is 16.3. The lowest BCUT2D eigenvalue weighted by Gasteiger charge is -2.28. The van der Waals surface area contributed by atoms with Gasteiger partial charge < -0.3 is 24.9 Å². The molecule has 3 N–H and O–H groups in total. The first-order valence-corrected chi connectivity index (χ1v) is 9.18. The molecule has 0 aliphatic carbocycles. The van der Waals surface area contributed by atoms with E-state index in [1.165, 1.54) is 0 Å². The molecule has 0 radical (unpaired) electrons. The third-order valence-electron chi connectivity index (χ3n) is 4.89. The number of H-pyrrole nitrogens is 1. The highest BCUT2D eigenvalue weighted by molar-refractivity contribution is 5.95. The Morgan fingerprint density at radius 3 is 2.76 bits per heavy atom. The number of methoxy groups -OCH3 is 1. The number of aromatic nitrogens is 1. The highest BCUT2D eigenvalue weighted by atomic mass is 16.5. The number of aromatic amines is 1. The zero-order valence-corrected chi connectivity index (χ0v) is 16.0. The number of carbonyl (C=O) groups excluding carboxylic acids is 1. The molecular formula is C22H20N2O5. The molecule has 29 heavy (non-hydrogen) atoms. The lowest BCUT2D eigenvalue weighted by Crippen LogP contribution is -2.32. The molecular weight excluding hydrogens is 372 g/mol. The van der Waals surface area contributed by atoms with Crippen LogP contribution in [0.2, 0.25) is 0 Å². The van der Waals surface area contributed by atoms with Gasteiger partial charge in [0.1, 0.15) is 17.1 Å². The number of hydrogen-bond acceptors (Lipinski definition) is 6. The van der Waals surface area contributed by atoms with Gasteiger partial charge in [-0.3, -0.25) is 4.79 Å². The number of carbonyl (C=O) groups is 1. The summed E-state index contributed by atoms with van der Waals surface area (Å²) in [5.74, 6) is -0.547. The second-order valence-electron chi connectivity index (χ2n) is 6.55. The third kappa shape index (κ3) is 3.10. The normalized spacial score (nSPS) is 15.6. The lowest BCUT2D eigenvalue weighted by molar-refractivity contribution is -0.139. The number of para-hydroxylation sites is 1. The number of nitrogens with one attached hydrogen (secondary N) is 1. The van der Waals surface area contributed by atoms with Gasteiger partial charge in [-0.1, -0.05) is 24.3 Å². The summed E-state index contributed by atoms with van der Waals surface area (Å²) in [6.45, 7) is 1.87. The van der Waals surface area contributed by atoms with Crippen molar-refractivity contribution in [3.8, 4) is 11.5 Å². The quantitative estimate of drug-likeness (QED) is 0.662. The number of esters is 1. The minimum absolute atomic E-state index is 0.0838. The Morgan fingerprint density at radius 2 is 2.00 bits per heavy atom. The van der Waals surface area contributed by atoms with Crippen LogP contribution in [0.3, 0.4) is 0 Å². The molecule has 0 saturated heterocycles. The van der Waals surface area contributed by atoms with Crippen molar-refractivity contribution in [1.29, 1.82) is 0 Å². The van der Waals surface area contributed by atoms with Gasteiger partial charge in [0.05, 0.1) is 30.7 Å². The van der Waals surface area contributed by atoms with Crippen LogP contribution in [0.5, 0.6) is 11.5 Å². The average molecular weight is 392 g/mol. The number of hydrogen-bond donors (Lipinski definition) is 2. The monoisotopic (exact) mass is 392 g/mol. The van der Waals surface area contributed by atoms with Crippen LogP contribution in [-0.4, -0.2) is 24.7 Å². The second kappa shape index (κ2) is 7.35. The molecule has 0 amide bonds. The summed E-state index contributed by atoms with van der Waals surface area (Å²) in [5.41, 5.74) is 7.49. The maximum atomic E-state index is 13.1. The fourth-order valence-electron chi connectivity index (χ4n) is 3.63. The first-order valence-electron chi connectivity index (χ1n) is 9.18. The van der Waals surface area contributed by atoms with E-state index in [9.17, 15) is 9.59 Å². The van der Waals surface area contributed by atoms with E-state index in [-0.39, 0.29) is 23.6 Å². The van der Waals surface area contributed by atoms with E-state index in [1.54, 1.807) is 38.3 Å². The summed E-state index contributed by atoms with van der Waals surface area (Å²) in [6.07, 6.45) is 0. The standard InChI is InChI=1S/C22H20N2O5/c1-3-28-22(26)18-16(12-7-6-8-13(11-12)27-2)17-19(29-20(18)23)14-9-4-5-10-15(14)24-21(17)25/h4-11,16H,3,23H2,1-2H3,(H,24,25)/t16-/m0/s1. The van der Waals surface area contributed by atoms with Gasteiger partial charge in [0.15, 0.2) is 0 Å². The van der Waals surface area contributed by atoms with E-state index in [1.807, 2.05) is 24.3 Å². The molecule has 0 spiro atoms. The maximum absolute atomic E-state index is 13.1. The molecule has 2 aromatic carbocycles. The van der Waals surface area contributed by atoms with E-state index < -0.39 is 11.9 Å². The fraction of sp³-hybridized carbons (Fsp3) is 0.182. The SMILES string of the molecule is CCOC(=O)C1=C(N)Oc2c(c(=O)[nH]c3ccccc23)[C@@H]1c1cccc(OC)c1. The first-order chi connectivity index (χ1) is 14.0. The van der Waals surface area contributed by atoms with Crippen molar-refractivity contribution in [3.63, 3.8) is 0 Å². The highest BCUT2D eigenvalue weighted by Gasteiger charge is 2.38. The van der Waals surface area contributed by atoms with Gasteiger partial charge in [0.2, 0.25) is 5.88 Å². The van der Waals surface area contributed by atoms with Crippen LogP contribution in [0.25, 0.3) is 10.9 Å². The molecule has 3 aromatic rings. The van der Waals surface area contributed by atoms with Gasteiger partial charge in [0, 0.05) is 5.39 Å². The minimum Gasteiger partial charge on any atom is -0.497 e. The average Bonchev–Trinajstić information content (AvgIpc) is 2.73. The van der Waals surface area contributed by atoms with Gasteiger partial charge in [0.25, 0.3) is 5.56 Å². The van der Waals surface area contributed by atoms with Crippen LogP contribution in [0, 0.1) is 0 Å². The van der Waals surface area contributed by atoms with Gasteiger partial charge in [-0.2, -0.15) is 0 Å². The summed E-state index contributed by atoms with van der Waals surface area (Å²) >= 11 is 0. The van der Waals surface area contributed by atoms with E-state index in [0.29, 0.717) is 33.5 Å². The summed E-state index contributed by atoms with van der Waals surface area (Å²) in [7, 11) is 1.55. The molecule has 1 aliphatic rings. The summed E-state index contributed by atoms with van der Waals surface area (Å²) in [6, 6.07) is 14.4. The number of fused-ring (bicyclic) bond motifs is 3. The van der Waals surface area contributed by atoms with Crippen molar-refractivity contribution in [2.24, 2.45) is 5.73 Å². The number of rotatable bonds is 4. The van der Waals surface area contributed by atoms with Crippen LogP contribution in [-0.2, 0) is 9.53 Å². The van der Waals surface area contributed by atoms with E-state index >= 15 is 0 Å². The fourth-order valence-corrected chi connectivity index (χ4v) is 3.63. The largest absolute Gasteiger partial charge is 0.497 e. The number of ether oxygens (including phenoxy) is 3. The molecule has 7 nitrogen and oxygen atoms in total. The molecule has 4 rings (SSSR count). The van der Waals surface area contributed by atoms with Crippen LogP contribution in [0.15, 0.2) is 64.8 Å². The summed E-state index contributed by atoms with van der Waals surface area (Å²) in [5, 5.41) is 0.695. The molecule has 7 heteroatoms. The first kappa shape index (κ1) is 18.6. The Hall–Kier alpha value is -3.74. The van der Waals surface area contributed by atoms with Crippen molar-refractivity contribution in [2.45, 2.75) is 12.8 Å². The molecule has 2 heterocycles. The van der Waals surface area contributed by atoms with Gasteiger partial charge >= 0.3 is 5.97 Å². The van der Waals surface area contributed by atoms with Crippen molar-refractivity contribution in [3.05, 3.63) is 81.5 Å². The second-order valence-corrected chi connectivity index (χ2v) is 6.55. The zero-order chi connectivity index (χ0) is 20.5. The highest BCUT2D eigenvalue weighted by Crippen LogP contribution is 2.44. The Morgan fingerprint density at radius 1 is 1.21 bits per heavy atom. The topological polar surface area (TPSA) is 104 Å². The third-order valence-corrected chi connectivity index (χ3v) is 4.89. The minimum atomic E-state index is -0.763. The Bertz CT molecular complexity index is 1200. The molecule has 0 unspecified atom stereocenters. The summed E-state index contributed by atoms with van der Waals surface area (Å²) in [4.78, 5) is 28.7. The Labute approximate surface area is 166 Å². The lowest BCUT2D eigenvalue weighted by atomic mass is 9.83. The molecule has 1 aliphatic heterocycles. The molecule has 1 aromatic heterocycles. The van der Waals surface area contributed by atoms with Crippen molar-refractivity contribution in [1.82, 2.24) is 4.98 Å². The molecule has 0 bridgehead atoms. The maximum Gasteiger partial charge on any atom is 0.340 e. The predicted molar refractivity (Wildman–Crippen MR) is 108 cm³/mol. The van der Waals surface area contributed by atoms with E-state index in [0.717, 1.165) is 0 Å². The molecule has 1 atom stereocenters. The number of pyridine rings is 1. The molecule has 148 valence electrons. The molecule has 0 saturated carbocycles.